The second-order valence-corrected chi connectivity index (χ2v) is 9.22. The standard InChI is InChI=1S/C22H23N5O4S/c28-21(14-19-17-9-3-4-10-18(17)22(29)26-25-19)24-15-7-6-8-16(13-15)32(30,31)27-20-11-2-1-5-12-23-20/h3-4,6-10,13H,1-2,5,11-12,14H2,(H,23,27)(H,24,28)(H,26,29). The lowest BCUT2D eigenvalue weighted by atomic mass is 10.1. The van der Waals surface area contributed by atoms with Crippen LogP contribution in [0.1, 0.15) is 31.4 Å². The first kappa shape index (κ1) is 21.7. The first-order chi connectivity index (χ1) is 15.4. The number of sulfonamides is 1. The average molecular weight is 454 g/mol. The molecule has 3 N–H and O–H groups in total. The van der Waals surface area contributed by atoms with E-state index in [0.717, 1.165) is 19.3 Å². The van der Waals surface area contributed by atoms with Crippen LogP contribution in [0.4, 0.5) is 5.69 Å². The van der Waals surface area contributed by atoms with Crippen LogP contribution < -0.4 is 15.6 Å². The maximum absolute atomic E-state index is 12.8. The number of benzene rings is 2. The molecule has 0 spiro atoms. The fourth-order valence-electron chi connectivity index (χ4n) is 3.58. The molecular formula is C22H23N5O4S. The number of hydrogen-bond acceptors (Lipinski definition) is 6. The molecule has 0 bridgehead atoms. The summed E-state index contributed by atoms with van der Waals surface area (Å²) in [6.07, 6.45) is 3.38. The van der Waals surface area contributed by atoms with Crippen LogP contribution in [-0.2, 0) is 21.2 Å². The molecule has 1 amide bonds. The van der Waals surface area contributed by atoms with Gasteiger partial charge in [-0.05, 0) is 37.1 Å². The Morgan fingerprint density at radius 3 is 2.69 bits per heavy atom. The van der Waals surface area contributed by atoms with Crippen molar-refractivity contribution in [3.8, 4) is 0 Å². The quantitative estimate of drug-likeness (QED) is 0.545. The van der Waals surface area contributed by atoms with Crippen molar-refractivity contribution in [1.82, 2.24) is 14.9 Å². The normalized spacial score (nSPS) is 14.4. The van der Waals surface area contributed by atoms with E-state index in [-0.39, 0.29) is 22.8 Å². The van der Waals surface area contributed by atoms with E-state index in [4.69, 9.17) is 0 Å². The SMILES string of the molecule is O=C(Cc1n[nH]c(=O)c2ccccc12)Nc1cccc(S(=O)(=O)NC2=NCCCCC2)c1. The molecule has 0 aliphatic carbocycles. The number of amidine groups is 1. The van der Waals surface area contributed by atoms with Crippen molar-refractivity contribution in [2.24, 2.45) is 4.99 Å². The molecule has 1 aliphatic heterocycles. The number of hydrogen-bond donors (Lipinski definition) is 3. The molecule has 4 rings (SSSR count). The van der Waals surface area contributed by atoms with Gasteiger partial charge in [0.2, 0.25) is 5.91 Å². The summed E-state index contributed by atoms with van der Waals surface area (Å²) in [7, 11) is -3.81. The minimum absolute atomic E-state index is 0.0369. The molecule has 1 aromatic heterocycles. The van der Waals surface area contributed by atoms with Gasteiger partial charge in [-0.15, -0.1) is 0 Å². The highest BCUT2D eigenvalue weighted by Crippen LogP contribution is 2.18. The Balaban J connectivity index is 1.49. The van der Waals surface area contributed by atoms with Gasteiger partial charge < -0.3 is 5.32 Å². The second-order valence-electron chi connectivity index (χ2n) is 7.54. The largest absolute Gasteiger partial charge is 0.326 e. The first-order valence-electron chi connectivity index (χ1n) is 10.3. The number of fused-ring (bicyclic) bond motifs is 1. The highest BCUT2D eigenvalue weighted by atomic mass is 32.2. The van der Waals surface area contributed by atoms with Crippen LogP contribution in [0.3, 0.4) is 0 Å². The summed E-state index contributed by atoms with van der Waals surface area (Å²) >= 11 is 0. The van der Waals surface area contributed by atoms with Gasteiger partial charge in [0.1, 0.15) is 5.84 Å². The zero-order valence-corrected chi connectivity index (χ0v) is 18.1. The molecule has 0 fully saturated rings. The molecule has 2 aromatic carbocycles. The van der Waals surface area contributed by atoms with E-state index < -0.39 is 10.0 Å². The van der Waals surface area contributed by atoms with Crippen LogP contribution in [0, 0.1) is 0 Å². The van der Waals surface area contributed by atoms with Gasteiger partial charge in [0, 0.05) is 24.0 Å². The van der Waals surface area contributed by atoms with Gasteiger partial charge in [0.15, 0.2) is 0 Å². The monoisotopic (exact) mass is 453 g/mol. The van der Waals surface area contributed by atoms with E-state index in [2.05, 4.69) is 25.2 Å². The van der Waals surface area contributed by atoms with E-state index in [0.29, 0.717) is 41.0 Å². The van der Waals surface area contributed by atoms with E-state index in [9.17, 15) is 18.0 Å². The minimum atomic E-state index is -3.81. The van der Waals surface area contributed by atoms with Crippen molar-refractivity contribution >= 4 is 38.2 Å². The fraction of sp³-hybridized carbons (Fsp3) is 0.273. The van der Waals surface area contributed by atoms with Gasteiger partial charge in [-0.2, -0.15) is 5.10 Å². The number of nitrogens with zero attached hydrogens (tertiary/aromatic N) is 2. The number of nitrogens with one attached hydrogen (secondary N) is 3. The summed E-state index contributed by atoms with van der Waals surface area (Å²) in [5, 5.41) is 10.1. The van der Waals surface area contributed by atoms with Crippen molar-refractivity contribution in [3.63, 3.8) is 0 Å². The Hall–Kier alpha value is -3.53. The van der Waals surface area contributed by atoms with Crippen LogP contribution in [0.25, 0.3) is 10.8 Å². The maximum Gasteiger partial charge on any atom is 0.272 e. The molecule has 166 valence electrons. The van der Waals surface area contributed by atoms with Crippen molar-refractivity contribution in [2.75, 3.05) is 11.9 Å². The number of aromatic amines is 1. The summed E-state index contributed by atoms with van der Waals surface area (Å²) in [6.45, 7) is 0.613. The molecule has 0 radical (unpaired) electrons. The van der Waals surface area contributed by atoms with Crippen molar-refractivity contribution < 1.29 is 13.2 Å². The van der Waals surface area contributed by atoms with Gasteiger partial charge in [-0.3, -0.25) is 19.3 Å². The van der Waals surface area contributed by atoms with Crippen molar-refractivity contribution in [2.45, 2.75) is 37.0 Å². The molecule has 0 saturated heterocycles. The zero-order chi connectivity index (χ0) is 22.6. The van der Waals surface area contributed by atoms with E-state index in [1.807, 2.05) is 0 Å². The Morgan fingerprint density at radius 2 is 1.84 bits per heavy atom. The third-order valence-electron chi connectivity index (χ3n) is 5.16. The summed E-state index contributed by atoms with van der Waals surface area (Å²) in [5.74, 6) is 0.0818. The van der Waals surface area contributed by atoms with Gasteiger partial charge in [-0.25, -0.2) is 13.5 Å². The molecule has 0 unspecified atom stereocenters. The average Bonchev–Trinajstić information content (AvgIpc) is 3.04. The third kappa shape index (κ3) is 5.02. The highest BCUT2D eigenvalue weighted by molar-refractivity contribution is 7.90. The van der Waals surface area contributed by atoms with Crippen LogP contribution in [0.5, 0.6) is 0 Å². The highest BCUT2D eigenvalue weighted by Gasteiger charge is 2.18. The van der Waals surface area contributed by atoms with Crippen LogP contribution in [0.15, 0.2) is 63.2 Å². The van der Waals surface area contributed by atoms with Gasteiger partial charge in [0.05, 0.1) is 22.4 Å². The first-order valence-corrected chi connectivity index (χ1v) is 11.8. The Kier molecular flexibility index (Phi) is 6.31. The van der Waals surface area contributed by atoms with E-state index in [1.54, 1.807) is 36.4 Å². The smallest absolute Gasteiger partial charge is 0.272 e. The summed E-state index contributed by atoms with van der Waals surface area (Å²) in [4.78, 5) is 28.9. The van der Waals surface area contributed by atoms with Crippen LogP contribution in [0.2, 0.25) is 0 Å². The fourth-order valence-corrected chi connectivity index (χ4v) is 4.71. The molecule has 1 aliphatic rings. The molecule has 10 heteroatoms. The Labute approximate surface area is 185 Å². The predicted molar refractivity (Wildman–Crippen MR) is 122 cm³/mol. The lowest BCUT2D eigenvalue weighted by Gasteiger charge is -2.11. The number of anilines is 1. The number of carbonyl (C=O) groups is 1. The Bertz CT molecular complexity index is 1350. The zero-order valence-electron chi connectivity index (χ0n) is 17.3. The molecule has 0 saturated carbocycles. The number of aliphatic imine (C=N–C) groups is 1. The van der Waals surface area contributed by atoms with E-state index >= 15 is 0 Å². The number of rotatable bonds is 5. The van der Waals surface area contributed by atoms with Crippen molar-refractivity contribution in [3.05, 3.63) is 64.6 Å². The summed E-state index contributed by atoms with van der Waals surface area (Å²) in [6, 6.07) is 12.9. The van der Waals surface area contributed by atoms with Crippen molar-refractivity contribution in [1.29, 1.82) is 0 Å². The van der Waals surface area contributed by atoms with Crippen LogP contribution >= 0.6 is 0 Å². The Morgan fingerprint density at radius 1 is 1.03 bits per heavy atom. The molecule has 2 heterocycles. The number of amides is 1. The van der Waals surface area contributed by atoms with Gasteiger partial charge in [-0.1, -0.05) is 30.7 Å². The number of aromatic nitrogens is 2. The topological polar surface area (TPSA) is 133 Å². The lowest BCUT2D eigenvalue weighted by Crippen LogP contribution is -2.30. The predicted octanol–water partition coefficient (Wildman–Crippen LogP) is 2.36. The molecule has 0 atom stereocenters. The summed E-state index contributed by atoms with van der Waals surface area (Å²) < 4.78 is 28.1. The maximum atomic E-state index is 12.8. The molecule has 9 nitrogen and oxygen atoms in total. The summed E-state index contributed by atoms with van der Waals surface area (Å²) in [5.41, 5.74) is 0.442. The number of H-pyrrole nitrogens is 1. The third-order valence-corrected chi connectivity index (χ3v) is 6.54. The molecule has 32 heavy (non-hydrogen) atoms. The lowest BCUT2D eigenvalue weighted by molar-refractivity contribution is -0.115. The van der Waals surface area contributed by atoms with E-state index in [1.165, 1.54) is 12.1 Å². The number of carbonyl (C=O) groups excluding carboxylic acids is 1. The molecular weight excluding hydrogens is 430 g/mol. The molecule has 3 aromatic rings. The van der Waals surface area contributed by atoms with Gasteiger partial charge >= 0.3 is 0 Å². The minimum Gasteiger partial charge on any atom is -0.326 e. The second kappa shape index (κ2) is 9.31. The van der Waals surface area contributed by atoms with Gasteiger partial charge in [0.25, 0.3) is 15.6 Å². The van der Waals surface area contributed by atoms with Crippen LogP contribution in [-0.4, -0.2) is 36.9 Å².